The van der Waals surface area contributed by atoms with Gasteiger partial charge in [0, 0.05) is 24.3 Å². The molecule has 24 heavy (non-hydrogen) atoms. The van der Waals surface area contributed by atoms with E-state index in [2.05, 4.69) is 11.4 Å². The van der Waals surface area contributed by atoms with Gasteiger partial charge in [0.15, 0.2) is 0 Å². The number of amides is 1. The fourth-order valence-electron chi connectivity index (χ4n) is 3.42. The van der Waals surface area contributed by atoms with Crippen LogP contribution in [0.1, 0.15) is 39.5 Å². The highest BCUT2D eigenvalue weighted by Crippen LogP contribution is 2.27. The maximum Gasteiger partial charge on any atom is 0.224 e. The van der Waals surface area contributed by atoms with Gasteiger partial charge in [-0.25, -0.2) is 4.98 Å². The Bertz CT molecular complexity index is 730. The van der Waals surface area contributed by atoms with Gasteiger partial charge in [0.2, 0.25) is 5.91 Å². The van der Waals surface area contributed by atoms with Crippen LogP contribution in [0.2, 0.25) is 0 Å². The van der Waals surface area contributed by atoms with Gasteiger partial charge in [0.25, 0.3) is 0 Å². The summed E-state index contributed by atoms with van der Waals surface area (Å²) in [5.41, 5.74) is 3.57. The van der Waals surface area contributed by atoms with Crippen LogP contribution in [0.15, 0.2) is 18.2 Å². The van der Waals surface area contributed by atoms with Crippen molar-refractivity contribution in [3.05, 3.63) is 44.9 Å². The molecular formula is C19H22N2O2S. The first-order valence-electron chi connectivity index (χ1n) is 8.77. The maximum atomic E-state index is 12.1. The summed E-state index contributed by atoms with van der Waals surface area (Å²) in [6.45, 7) is 1.42. The molecule has 2 aromatic rings. The minimum atomic E-state index is 0.0789. The number of hydrogen-bond acceptors (Lipinski definition) is 4. The van der Waals surface area contributed by atoms with Crippen LogP contribution in [0.5, 0.6) is 5.75 Å². The predicted molar refractivity (Wildman–Crippen MR) is 94.8 cm³/mol. The van der Waals surface area contributed by atoms with E-state index in [0.29, 0.717) is 13.0 Å². The number of nitrogens with one attached hydrogen (secondary N) is 1. The summed E-state index contributed by atoms with van der Waals surface area (Å²) in [5.74, 6) is 1.04. The minimum Gasteiger partial charge on any atom is -0.493 e. The molecule has 1 aliphatic heterocycles. The Kier molecular flexibility index (Phi) is 4.52. The SMILES string of the molecule is O=C(Cc1ccc2c(c1)CCO2)NCCc1nc2c(s1)CCCC2. The smallest absolute Gasteiger partial charge is 0.224 e. The molecule has 4 rings (SSSR count). The van der Waals surface area contributed by atoms with Crippen LogP contribution in [0.25, 0.3) is 0 Å². The summed E-state index contributed by atoms with van der Waals surface area (Å²) >= 11 is 1.83. The fraction of sp³-hybridized carbons (Fsp3) is 0.474. The molecule has 0 saturated heterocycles. The highest BCUT2D eigenvalue weighted by Gasteiger charge is 2.15. The quantitative estimate of drug-likeness (QED) is 0.909. The van der Waals surface area contributed by atoms with Gasteiger partial charge < -0.3 is 10.1 Å². The van der Waals surface area contributed by atoms with Crippen LogP contribution in [0, 0.1) is 0 Å². The van der Waals surface area contributed by atoms with Gasteiger partial charge in [0.1, 0.15) is 5.75 Å². The van der Waals surface area contributed by atoms with Crippen molar-refractivity contribution in [2.24, 2.45) is 0 Å². The van der Waals surface area contributed by atoms with E-state index in [0.717, 1.165) is 42.2 Å². The summed E-state index contributed by atoms with van der Waals surface area (Å²) in [6.07, 6.45) is 7.07. The number of ether oxygens (including phenoxy) is 1. The molecule has 0 unspecified atom stereocenters. The van der Waals surface area contributed by atoms with E-state index >= 15 is 0 Å². The van der Waals surface area contributed by atoms with Gasteiger partial charge in [-0.3, -0.25) is 4.79 Å². The van der Waals surface area contributed by atoms with Crippen LogP contribution in [-0.2, 0) is 36.9 Å². The molecule has 0 spiro atoms. The number of hydrogen-bond donors (Lipinski definition) is 1. The second-order valence-electron chi connectivity index (χ2n) is 6.50. The number of fused-ring (bicyclic) bond motifs is 2. The molecule has 0 fully saturated rings. The number of rotatable bonds is 5. The van der Waals surface area contributed by atoms with Crippen molar-refractivity contribution in [2.75, 3.05) is 13.2 Å². The van der Waals surface area contributed by atoms with Gasteiger partial charge in [0.05, 0.1) is 23.7 Å². The molecule has 5 heteroatoms. The Labute approximate surface area is 146 Å². The molecule has 0 bridgehead atoms. The summed E-state index contributed by atoms with van der Waals surface area (Å²) in [4.78, 5) is 18.3. The fourth-order valence-corrected chi connectivity index (χ4v) is 4.58. The summed E-state index contributed by atoms with van der Waals surface area (Å²) in [5, 5.41) is 4.19. The molecule has 4 nitrogen and oxygen atoms in total. The lowest BCUT2D eigenvalue weighted by Gasteiger charge is -2.06. The van der Waals surface area contributed by atoms with Gasteiger partial charge in [-0.2, -0.15) is 0 Å². The first-order chi connectivity index (χ1) is 11.8. The first-order valence-corrected chi connectivity index (χ1v) is 9.58. The highest BCUT2D eigenvalue weighted by atomic mass is 32.1. The Hall–Kier alpha value is -1.88. The number of carbonyl (C=O) groups excluding carboxylic acids is 1. The molecule has 2 aliphatic rings. The number of aryl methyl sites for hydroxylation is 2. The topological polar surface area (TPSA) is 51.2 Å². The molecule has 1 N–H and O–H groups in total. The molecule has 1 aromatic carbocycles. The number of aromatic nitrogens is 1. The van der Waals surface area contributed by atoms with Crippen LogP contribution >= 0.6 is 11.3 Å². The summed E-state index contributed by atoms with van der Waals surface area (Å²) < 4.78 is 5.50. The third kappa shape index (κ3) is 3.46. The lowest BCUT2D eigenvalue weighted by atomic mass is 10.0. The van der Waals surface area contributed by atoms with Crippen molar-refractivity contribution in [3.8, 4) is 5.75 Å². The highest BCUT2D eigenvalue weighted by molar-refractivity contribution is 7.11. The van der Waals surface area contributed by atoms with Crippen LogP contribution < -0.4 is 10.1 Å². The number of benzene rings is 1. The molecular weight excluding hydrogens is 320 g/mol. The molecule has 1 amide bonds. The van der Waals surface area contributed by atoms with Gasteiger partial charge in [-0.15, -0.1) is 11.3 Å². The van der Waals surface area contributed by atoms with E-state index in [1.807, 2.05) is 23.5 Å². The van der Waals surface area contributed by atoms with Crippen molar-refractivity contribution >= 4 is 17.2 Å². The van der Waals surface area contributed by atoms with Crippen LogP contribution in [-0.4, -0.2) is 24.0 Å². The average Bonchev–Trinajstić information content (AvgIpc) is 3.20. The van der Waals surface area contributed by atoms with Crippen molar-refractivity contribution in [2.45, 2.75) is 44.9 Å². The van der Waals surface area contributed by atoms with Crippen LogP contribution in [0.4, 0.5) is 0 Å². The van der Waals surface area contributed by atoms with E-state index in [1.54, 1.807) is 0 Å². The Morgan fingerprint density at radius 1 is 1.25 bits per heavy atom. The number of thiazole rings is 1. The van der Waals surface area contributed by atoms with E-state index in [9.17, 15) is 4.79 Å². The Morgan fingerprint density at radius 2 is 2.17 bits per heavy atom. The van der Waals surface area contributed by atoms with Gasteiger partial charge >= 0.3 is 0 Å². The predicted octanol–water partition coefficient (Wildman–Crippen LogP) is 2.86. The van der Waals surface area contributed by atoms with E-state index < -0.39 is 0 Å². The maximum absolute atomic E-state index is 12.1. The third-order valence-corrected chi connectivity index (χ3v) is 5.89. The molecule has 126 valence electrons. The zero-order chi connectivity index (χ0) is 16.4. The average molecular weight is 342 g/mol. The molecule has 0 saturated carbocycles. The largest absolute Gasteiger partial charge is 0.493 e. The van der Waals surface area contributed by atoms with E-state index in [4.69, 9.17) is 9.72 Å². The van der Waals surface area contributed by atoms with Crippen molar-refractivity contribution < 1.29 is 9.53 Å². The second-order valence-corrected chi connectivity index (χ2v) is 7.67. The lowest BCUT2D eigenvalue weighted by molar-refractivity contribution is -0.120. The van der Waals surface area contributed by atoms with Crippen molar-refractivity contribution in [1.29, 1.82) is 0 Å². The van der Waals surface area contributed by atoms with E-state index in [-0.39, 0.29) is 5.91 Å². The number of nitrogens with zero attached hydrogens (tertiary/aromatic N) is 1. The zero-order valence-electron chi connectivity index (χ0n) is 13.8. The molecule has 0 radical (unpaired) electrons. The summed E-state index contributed by atoms with van der Waals surface area (Å²) in [6, 6.07) is 6.06. The lowest BCUT2D eigenvalue weighted by Crippen LogP contribution is -2.27. The summed E-state index contributed by atoms with van der Waals surface area (Å²) in [7, 11) is 0. The zero-order valence-corrected chi connectivity index (χ0v) is 14.6. The van der Waals surface area contributed by atoms with Gasteiger partial charge in [-0.05, 0) is 42.9 Å². The van der Waals surface area contributed by atoms with E-state index in [1.165, 1.54) is 35.4 Å². The monoisotopic (exact) mass is 342 g/mol. The standard InChI is InChI=1S/C19H22N2O2S/c22-18(12-13-5-6-16-14(11-13)8-10-23-16)20-9-7-19-21-15-3-1-2-4-17(15)24-19/h5-6,11H,1-4,7-10,12H2,(H,20,22). The van der Waals surface area contributed by atoms with Crippen molar-refractivity contribution in [3.63, 3.8) is 0 Å². The Balaban J connectivity index is 1.27. The molecule has 1 aliphatic carbocycles. The van der Waals surface area contributed by atoms with Gasteiger partial charge in [-0.1, -0.05) is 12.1 Å². The minimum absolute atomic E-state index is 0.0789. The van der Waals surface area contributed by atoms with Crippen molar-refractivity contribution in [1.82, 2.24) is 10.3 Å². The third-order valence-electron chi connectivity index (χ3n) is 4.67. The normalized spacial score (nSPS) is 15.5. The molecule has 2 heterocycles. The first kappa shape index (κ1) is 15.6. The second kappa shape index (κ2) is 6.93. The number of carbonyl (C=O) groups is 1. The van der Waals surface area contributed by atoms with Crippen LogP contribution in [0.3, 0.4) is 0 Å². The molecule has 1 aromatic heterocycles. The molecule has 0 atom stereocenters. The Morgan fingerprint density at radius 3 is 3.08 bits per heavy atom.